The molecule has 0 radical (unpaired) electrons. The molecule has 0 unspecified atom stereocenters. The van der Waals surface area contributed by atoms with Gasteiger partial charge in [-0.15, -0.1) is 0 Å². The maximum absolute atomic E-state index is 14.2. The van der Waals surface area contributed by atoms with Crippen LogP contribution in [0.3, 0.4) is 0 Å². The number of rotatable bonds is 5. The van der Waals surface area contributed by atoms with Crippen LogP contribution < -0.4 is 5.69 Å². The number of benzene rings is 2. The van der Waals surface area contributed by atoms with E-state index in [2.05, 4.69) is 39.1 Å². The zero-order valence-electron chi connectivity index (χ0n) is 16.6. The van der Waals surface area contributed by atoms with Crippen molar-refractivity contribution in [2.45, 2.75) is 25.8 Å². The van der Waals surface area contributed by atoms with E-state index in [1.165, 1.54) is 16.0 Å². The minimum absolute atomic E-state index is 0.226. The third-order valence-electron chi connectivity index (χ3n) is 5.81. The first-order valence-corrected chi connectivity index (χ1v) is 10.3. The van der Waals surface area contributed by atoms with Gasteiger partial charge in [0.15, 0.2) is 0 Å². The molecule has 2 aromatic carbocycles. The molecule has 2 aromatic heterocycles. The van der Waals surface area contributed by atoms with Crippen molar-refractivity contribution in [2.24, 2.45) is 0 Å². The van der Waals surface area contributed by atoms with E-state index in [1.54, 1.807) is 24.4 Å². The number of hydrogen-bond donors (Lipinski definition) is 1. The summed E-state index contributed by atoms with van der Waals surface area (Å²) in [7, 11) is 0. The summed E-state index contributed by atoms with van der Waals surface area (Å²) in [6, 6.07) is 17.0. The van der Waals surface area contributed by atoms with E-state index in [0.717, 1.165) is 50.2 Å². The monoisotopic (exact) mass is 402 g/mol. The molecule has 6 heteroatoms. The summed E-state index contributed by atoms with van der Waals surface area (Å²) < 4.78 is 15.7. The predicted molar refractivity (Wildman–Crippen MR) is 115 cm³/mol. The highest BCUT2D eigenvalue weighted by atomic mass is 19.1. The van der Waals surface area contributed by atoms with E-state index in [-0.39, 0.29) is 11.5 Å². The average Bonchev–Trinajstić information content (AvgIpc) is 3.21. The summed E-state index contributed by atoms with van der Waals surface area (Å²) in [6.45, 7) is 2.63. The highest BCUT2D eigenvalue weighted by Gasteiger charge is 2.22. The molecule has 1 N–H and O–H groups in total. The van der Waals surface area contributed by atoms with Crippen LogP contribution in [0.25, 0.3) is 16.9 Å². The van der Waals surface area contributed by atoms with Crippen LogP contribution in [-0.2, 0) is 19.4 Å². The minimum atomic E-state index is -0.339. The Morgan fingerprint density at radius 1 is 1.07 bits per heavy atom. The van der Waals surface area contributed by atoms with Gasteiger partial charge in [0.1, 0.15) is 11.5 Å². The fraction of sp³-hybridized carbons (Fsp3) is 0.250. The number of aryl methyl sites for hydroxylation is 1. The van der Waals surface area contributed by atoms with E-state index in [9.17, 15) is 9.18 Å². The van der Waals surface area contributed by atoms with E-state index in [1.807, 2.05) is 6.07 Å². The molecule has 0 saturated heterocycles. The number of aromatic amines is 1. The van der Waals surface area contributed by atoms with Crippen molar-refractivity contribution >= 4 is 5.65 Å². The fourth-order valence-corrected chi connectivity index (χ4v) is 4.24. The number of H-pyrrole nitrogens is 1. The molecular formula is C24H23FN4O. The number of nitrogens with one attached hydrogen (secondary N) is 1. The van der Waals surface area contributed by atoms with Crippen LogP contribution in [0.5, 0.6) is 0 Å². The minimum Gasteiger partial charge on any atom is -0.310 e. The third-order valence-corrected chi connectivity index (χ3v) is 5.81. The summed E-state index contributed by atoms with van der Waals surface area (Å²) >= 11 is 0. The lowest BCUT2D eigenvalue weighted by Crippen LogP contribution is -2.34. The van der Waals surface area contributed by atoms with Crippen molar-refractivity contribution in [3.8, 4) is 11.3 Å². The third kappa shape index (κ3) is 3.55. The molecule has 1 aliphatic rings. The average molecular weight is 402 g/mol. The van der Waals surface area contributed by atoms with Crippen LogP contribution in [0.2, 0.25) is 0 Å². The van der Waals surface area contributed by atoms with Crippen molar-refractivity contribution in [1.29, 1.82) is 0 Å². The number of aromatic nitrogens is 3. The molecule has 152 valence electrons. The maximum Gasteiger partial charge on any atom is 0.331 e. The summed E-state index contributed by atoms with van der Waals surface area (Å²) in [5.41, 5.74) is 4.61. The molecule has 0 amide bonds. The van der Waals surface area contributed by atoms with Gasteiger partial charge in [0, 0.05) is 42.5 Å². The fourth-order valence-electron chi connectivity index (χ4n) is 4.24. The Morgan fingerprint density at radius 2 is 1.87 bits per heavy atom. The number of nitrogens with zero attached hydrogens (tertiary/aromatic N) is 3. The first-order chi connectivity index (χ1) is 14.7. The highest BCUT2D eigenvalue weighted by Crippen LogP contribution is 2.25. The van der Waals surface area contributed by atoms with Gasteiger partial charge in [-0.05, 0) is 37.1 Å². The molecule has 0 bridgehead atoms. The van der Waals surface area contributed by atoms with Gasteiger partial charge in [0.2, 0.25) is 0 Å². The lowest BCUT2D eigenvalue weighted by molar-refractivity contribution is 0.249. The Hall–Kier alpha value is -3.25. The van der Waals surface area contributed by atoms with Gasteiger partial charge in [-0.3, -0.25) is 9.30 Å². The van der Waals surface area contributed by atoms with Crippen LogP contribution in [0.15, 0.2) is 65.6 Å². The molecule has 5 rings (SSSR count). The lowest BCUT2D eigenvalue weighted by Gasteiger charge is -2.28. The second kappa shape index (κ2) is 7.88. The topological polar surface area (TPSA) is 53.4 Å². The Balaban J connectivity index is 1.41. The molecule has 0 spiro atoms. The number of imidazole rings is 1. The SMILES string of the molecule is O=c1[nH]c2c(c3nc(-c4ccccc4F)cn13)CN(CCCc1ccccc1)CC2. The van der Waals surface area contributed by atoms with Crippen molar-refractivity contribution < 1.29 is 4.39 Å². The molecule has 5 nitrogen and oxygen atoms in total. The lowest BCUT2D eigenvalue weighted by atomic mass is 10.1. The van der Waals surface area contributed by atoms with Crippen LogP contribution in [0.1, 0.15) is 23.2 Å². The Morgan fingerprint density at radius 3 is 2.70 bits per heavy atom. The van der Waals surface area contributed by atoms with Crippen LogP contribution in [0.4, 0.5) is 4.39 Å². The van der Waals surface area contributed by atoms with Gasteiger partial charge in [-0.25, -0.2) is 14.2 Å². The summed E-state index contributed by atoms with van der Waals surface area (Å²) in [5, 5.41) is 0. The molecular weight excluding hydrogens is 379 g/mol. The number of hydrogen-bond acceptors (Lipinski definition) is 3. The van der Waals surface area contributed by atoms with Crippen molar-refractivity contribution in [3.05, 3.63) is 93.9 Å². The van der Waals surface area contributed by atoms with Gasteiger partial charge in [-0.2, -0.15) is 0 Å². The molecule has 0 aliphatic carbocycles. The summed E-state index contributed by atoms with van der Waals surface area (Å²) in [5.74, 6) is -0.339. The van der Waals surface area contributed by atoms with E-state index in [0.29, 0.717) is 16.9 Å². The second-order valence-electron chi connectivity index (χ2n) is 7.80. The van der Waals surface area contributed by atoms with Crippen LogP contribution in [0, 0.1) is 5.82 Å². The summed E-state index contributed by atoms with van der Waals surface area (Å²) in [4.78, 5) is 22.6. The molecule has 0 atom stereocenters. The van der Waals surface area contributed by atoms with E-state index >= 15 is 0 Å². The standard InChI is InChI=1S/C24H23FN4O/c25-20-11-5-4-10-18(20)22-16-29-23(26-22)19-15-28(14-12-21(19)27-24(29)30)13-6-9-17-7-2-1-3-8-17/h1-5,7-8,10-11,16H,6,9,12-15H2,(H,27,30). The smallest absolute Gasteiger partial charge is 0.310 e. The van der Waals surface area contributed by atoms with Gasteiger partial charge in [0.05, 0.1) is 5.69 Å². The number of fused-ring (bicyclic) bond motifs is 3. The van der Waals surface area contributed by atoms with Crippen LogP contribution in [-0.4, -0.2) is 32.4 Å². The normalized spacial score (nSPS) is 14.2. The quantitative estimate of drug-likeness (QED) is 0.552. The number of halogens is 1. The van der Waals surface area contributed by atoms with Gasteiger partial charge in [-0.1, -0.05) is 42.5 Å². The molecule has 0 fully saturated rings. The Bertz CT molecular complexity index is 1250. The molecule has 1 aliphatic heterocycles. The molecule has 3 heterocycles. The van der Waals surface area contributed by atoms with Crippen molar-refractivity contribution in [3.63, 3.8) is 0 Å². The van der Waals surface area contributed by atoms with E-state index in [4.69, 9.17) is 0 Å². The largest absolute Gasteiger partial charge is 0.331 e. The Kier molecular flexibility index (Phi) is 4.93. The van der Waals surface area contributed by atoms with Crippen molar-refractivity contribution in [1.82, 2.24) is 19.3 Å². The Labute approximate surface area is 173 Å². The van der Waals surface area contributed by atoms with Gasteiger partial charge in [0.25, 0.3) is 0 Å². The zero-order valence-corrected chi connectivity index (χ0v) is 16.6. The van der Waals surface area contributed by atoms with Crippen LogP contribution >= 0.6 is 0 Å². The van der Waals surface area contributed by atoms with Crippen molar-refractivity contribution in [2.75, 3.05) is 13.1 Å². The zero-order chi connectivity index (χ0) is 20.5. The first kappa shape index (κ1) is 18.8. The predicted octanol–water partition coefficient (Wildman–Crippen LogP) is 3.82. The van der Waals surface area contributed by atoms with Gasteiger partial charge >= 0.3 is 5.69 Å². The molecule has 0 saturated carbocycles. The molecule has 4 aromatic rings. The first-order valence-electron chi connectivity index (χ1n) is 10.3. The highest BCUT2D eigenvalue weighted by molar-refractivity contribution is 5.65. The molecule has 30 heavy (non-hydrogen) atoms. The maximum atomic E-state index is 14.2. The summed E-state index contributed by atoms with van der Waals surface area (Å²) in [6.07, 6.45) is 4.54. The van der Waals surface area contributed by atoms with E-state index < -0.39 is 0 Å². The van der Waals surface area contributed by atoms with Gasteiger partial charge < -0.3 is 4.98 Å². The second-order valence-corrected chi connectivity index (χ2v) is 7.80.